The second-order valence-corrected chi connectivity index (χ2v) is 4.82. The van der Waals surface area contributed by atoms with Crippen LogP contribution in [0.4, 0.5) is 0 Å². The third-order valence-electron chi connectivity index (χ3n) is 3.45. The third kappa shape index (κ3) is 2.02. The smallest absolute Gasteiger partial charge is 0.140 e. The molecule has 0 spiro atoms. The van der Waals surface area contributed by atoms with Gasteiger partial charge in [-0.1, -0.05) is 18.2 Å². The zero-order valence-corrected chi connectivity index (χ0v) is 11.0. The summed E-state index contributed by atoms with van der Waals surface area (Å²) in [5.41, 5.74) is 4.16. The summed E-state index contributed by atoms with van der Waals surface area (Å²) in [5, 5.41) is 10.8. The third-order valence-corrected chi connectivity index (χ3v) is 3.45. The quantitative estimate of drug-likeness (QED) is 0.760. The Balaban J connectivity index is 2.21. The molecule has 0 radical (unpaired) electrons. The molecule has 1 N–H and O–H groups in total. The van der Waals surface area contributed by atoms with E-state index in [0.717, 1.165) is 27.7 Å². The van der Waals surface area contributed by atoms with Gasteiger partial charge in [-0.3, -0.25) is 0 Å². The van der Waals surface area contributed by atoms with Gasteiger partial charge >= 0.3 is 0 Å². The molecule has 0 aliphatic carbocycles. The summed E-state index contributed by atoms with van der Waals surface area (Å²) in [6.07, 6.45) is 3.39. The summed E-state index contributed by atoms with van der Waals surface area (Å²) < 4.78 is 2.01. The summed E-state index contributed by atoms with van der Waals surface area (Å²) in [6, 6.07) is 12.1. The molecule has 3 heteroatoms. The van der Waals surface area contributed by atoms with Crippen LogP contribution in [-0.2, 0) is 7.05 Å². The molecule has 96 valence electrons. The molecule has 0 unspecified atom stereocenters. The first-order valence-corrected chi connectivity index (χ1v) is 6.35. The van der Waals surface area contributed by atoms with Gasteiger partial charge in [0.05, 0.1) is 6.10 Å². The standard InChI is InChI=1S/C16H16N2O/c1-11(19)12-4-3-5-13(10-12)14-6-8-17-16-15(14)7-9-18(16)2/h3-11,19H,1-2H3/t11-/m0/s1. The Morgan fingerprint density at radius 3 is 2.84 bits per heavy atom. The van der Waals surface area contributed by atoms with Gasteiger partial charge in [-0.25, -0.2) is 4.98 Å². The molecule has 1 atom stereocenters. The molecule has 19 heavy (non-hydrogen) atoms. The van der Waals surface area contributed by atoms with Crippen LogP contribution in [0.15, 0.2) is 48.8 Å². The van der Waals surface area contributed by atoms with Gasteiger partial charge in [0.2, 0.25) is 0 Å². The van der Waals surface area contributed by atoms with Crippen LogP contribution in [0.3, 0.4) is 0 Å². The van der Waals surface area contributed by atoms with E-state index in [1.807, 2.05) is 48.3 Å². The Labute approximate surface area is 112 Å². The summed E-state index contributed by atoms with van der Waals surface area (Å²) in [4.78, 5) is 4.40. The first-order chi connectivity index (χ1) is 9.16. The second-order valence-electron chi connectivity index (χ2n) is 4.82. The van der Waals surface area contributed by atoms with Crippen molar-refractivity contribution in [2.45, 2.75) is 13.0 Å². The van der Waals surface area contributed by atoms with Crippen LogP contribution in [0.2, 0.25) is 0 Å². The van der Waals surface area contributed by atoms with Crippen LogP contribution in [0, 0.1) is 0 Å². The van der Waals surface area contributed by atoms with Gasteiger partial charge in [-0.05, 0) is 41.8 Å². The van der Waals surface area contributed by atoms with Crippen LogP contribution >= 0.6 is 0 Å². The number of pyridine rings is 1. The summed E-state index contributed by atoms with van der Waals surface area (Å²) in [5.74, 6) is 0. The van der Waals surface area contributed by atoms with E-state index >= 15 is 0 Å². The lowest BCUT2D eigenvalue weighted by molar-refractivity contribution is 0.199. The number of fused-ring (bicyclic) bond motifs is 1. The largest absolute Gasteiger partial charge is 0.389 e. The lowest BCUT2D eigenvalue weighted by atomic mass is 10.00. The van der Waals surface area contributed by atoms with E-state index in [1.54, 1.807) is 6.92 Å². The highest BCUT2D eigenvalue weighted by atomic mass is 16.3. The minimum atomic E-state index is -0.451. The van der Waals surface area contributed by atoms with E-state index in [9.17, 15) is 5.11 Å². The van der Waals surface area contributed by atoms with E-state index in [0.29, 0.717) is 0 Å². The number of aliphatic hydroxyl groups excluding tert-OH is 1. The predicted molar refractivity (Wildman–Crippen MR) is 76.8 cm³/mol. The number of aryl methyl sites for hydroxylation is 1. The number of hydrogen-bond acceptors (Lipinski definition) is 2. The van der Waals surface area contributed by atoms with Crippen LogP contribution in [0.25, 0.3) is 22.2 Å². The molecule has 0 fully saturated rings. The highest BCUT2D eigenvalue weighted by molar-refractivity contribution is 5.93. The fourth-order valence-corrected chi connectivity index (χ4v) is 2.38. The lowest BCUT2D eigenvalue weighted by Gasteiger charge is -2.08. The number of aromatic nitrogens is 2. The van der Waals surface area contributed by atoms with E-state index < -0.39 is 6.10 Å². The normalized spacial score (nSPS) is 12.8. The van der Waals surface area contributed by atoms with Crippen LogP contribution in [-0.4, -0.2) is 14.7 Å². The maximum atomic E-state index is 9.70. The summed E-state index contributed by atoms with van der Waals surface area (Å²) in [7, 11) is 1.99. The van der Waals surface area contributed by atoms with Gasteiger partial charge < -0.3 is 9.67 Å². The highest BCUT2D eigenvalue weighted by Gasteiger charge is 2.08. The first kappa shape index (κ1) is 11.9. The van der Waals surface area contributed by atoms with Crippen molar-refractivity contribution >= 4 is 11.0 Å². The number of hydrogen-bond donors (Lipinski definition) is 1. The van der Waals surface area contributed by atoms with Crippen molar-refractivity contribution in [3.05, 3.63) is 54.4 Å². The summed E-state index contributed by atoms with van der Waals surface area (Å²) >= 11 is 0. The zero-order valence-electron chi connectivity index (χ0n) is 11.0. The van der Waals surface area contributed by atoms with Crippen molar-refractivity contribution in [3.63, 3.8) is 0 Å². The fraction of sp³-hybridized carbons (Fsp3) is 0.188. The Morgan fingerprint density at radius 1 is 1.21 bits per heavy atom. The van der Waals surface area contributed by atoms with Crippen molar-refractivity contribution in [3.8, 4) is 11.1 Å². The van der Waals surface area contributed by atoms with Crippen molar-refractivity contribution in [2.24, 2.45) is 7.05 Å². The molecular formula is C16H16N2O. The van der Waals surface area contributed by atoms with E-state index in [1.165, 1.54) is 0 Å². The molecule has 1 aromatic carbocycles. The molecular weight excluding hydrogens is 236 g/mol. The Kier molecular flexibility index (Phi) is 2.84. The van der Waals surface area contributed by atoms with Crippen molar-refractivity contribution in [1.29, 1.82) is 0 Å². The monoisotopic (exact) mass is 252 g/mol. The number of aliphatic hydroxyl groups is 1. The van der Waals surface area contributed by atoms with Crippen molar-refractivity contribution in [2.75, 3.05) is 0 Å². The van der Waals surface area contributed by atoms with E-state index in [-0.39, 0.29) is 0 Å². The maximum Gasteiger partial charge on any atom is 0.140 e. The van der Waals surface area contributed by atoms with Crippen molar-refractivity contribution < 1.29 is 5.11 Å². The average Bonchev–Trinajstić information content (AvgIpc) is 2.81. The molecule has 0 aliphatic rings. The van der Waals surface area contributed by atoms with Crippen molar-refractivity contribution in [1.82, 2.24) is 9.55 Å². The topological polar surface area (TPSA) is 38.1 Å². The fourth-order valence-electron chi connectivity index (χ4n) is 2.38. The molecule has 0 bridgehead atoms. The highest BCUT2D eigenvalue weighted by Crippen LogP contribution is 2.29. The van der Waals surface area contributed by atoms with E-state index in [4.69, 9.17) is 0 Å². The maximum absolute atomic E-state index is 9.70. The minimum absolute atomic E-state index is 0.451. The Bertz CT molecular complexity index is 728. The predicted octanol–water partition coefficient (Wildman–Crippen LogP) is 3.29. The van der Waals surface area contributed by atoms with Gasteiger partial charge in [0, 0.05) is 24.8 Å². The molecule has 3 aromatic rings. The molecule has 0 amide bonds. The van der Waals surface area contributed by atoms with E-state index in [2.05, 4.69) is 17.1 Å². The molecule has 3 rings (SSSR count). The van der Waals surface area contributed by atoms with Crippen LogP contribution in [0.5, 0.6) is 0 Å². The zero-order chi connectivity index (χ0) is 13.4. The number of rotatable bonds is 2. The molecule has 0 aliphatic heterocycles. The average molecular weight is 252 g/mol. The molecule has 3 nitrogen and oxygen atoms in total. The second kappa shape index (κ2) is 4.52. The van der Waals surface area contributed by atoms with Crippen LogP contribution < -0.4 is 0 Å². The van der Waals surface area contributed by atoms with Gasteiger partial charge in [0.15, 0.2) is 0 Å². The number of nitrogens with zero attached hydrogens (tertiary/aromatic N) is 2. The molecule has 2 aromatic heterocycles. The minimum Gasteiger partial charge on any atom is -0.389 e. The molecule has 0 saturated carbocycles. The molecule has 0 saturated heterocycles. The number of benzene rings is 1. The van der Waals surface area contributed by atoms with Gasteiger partial charge in [0.1, 0.15) is 5.65 Å². The first-order valence-electron chi connectivity index (χ1n) is 6.35. The van der Waals surface area contributed by atoms with Gasteiger partial charge in [-0.15, -0.1) is 0 Å². The summed E-state index contributed by atoms with van der Waals surface area (Å²) in [6.45, 7) is 1.78. The Hall–Kier alpha value is -2.13. The van der Waals surface area contributed by atoms with Gasteiger partial charge in [-0.2, -0.15) is 0 Å². The molecule has 2 heterocycles. The Morgan fingerprint density at radius 2 is 2.05 bits per heavy atom. The SMILES string of the molecule is C[C@H](O)c1cccc(-c2ccnc3c2ccn3C)c1. The van der Waals surface area contributed by atoms with Gasteiger partial charge in [0.25, 0.3) is 0 Å². The van der Waals surface area contributed by atoms with Crippen LogP contribution in [0.1, 0.15) is 18.6 Å². The lowest BCUT2D eigenvalue weighted by Crippen LogP contribution is -1.92.